The number of alkyl halides is 2. The SMILES string of the molecule is CCOC(=O)C(F)(F)C1(O)CCC1. The molecule has 0 heterocycles. The van der Waals surface area contributed by atoms with E-state index in [-0.39, 0.29) is 19.4 Å². The van der Waals surface area contributed by atoms with Crippen LogP contribution in [-0.4, -0.2) is 29.2 Å². The summed E-state index contributed by atoms with van der Waals surface area (Å²) in [6, 6.07) is 0. The van der Waals surface area contributed by atoms with Crippen molar-refractivity contribution in [2.75, 3.05) is 6.61 Å². The van der Waals surface area contributed by atoms with Crippen LogP contribution in [0.3, 0.4) is 0 Å². The predicted molar refractivity (Wildman–Crippen MR) is 40.4 cm³/mol. The Balaban J connectivity index is 2.68. The van der Waals surface area contributed by atoms with Crippen LogP contribution in [-0.2, 0) is 9.53 Å². The molecule has 0 bridgehead atoms. The molecule has 0 atom stereocenters. The average molecular weight is 194 g/mol. The van der Waals surface area contributed by atoms with Crippen LogP contribution in [0, 0.1) is 0 Å². The van der Waals surface area contributed by atoms with E-state index in [4.69, 9.17) is 0 Å². The van der Waals surface area contributed by atoms with Crippen LogP contribution in [0.4, 0.5) is 8.78 Å². The van der Waals surface area contributed by atoms with Gasteiger partial charge in [0.15, 0.2) is 0 Å². The molecule has 76 valence electrons. The van der Waals surface area contributed by atoms with E-state index in [0.717, 1.165) is 0 Å². The van der Waals surface area contributed by atoms with E-state index in [0.29, 0.717) is 6.42 Å². The molecule has 0 radical (unpaired) electrons. The van der Waals surface area contributed by atoms with Crippen molar-refractivity contribution in [3.8, 4) is 0 Å². The highest BCUT2D eigenvalue weighted by molar-refractivity contribution is 5.79. The Kier molecular flexibility index (Phi) is 2.56. The van der Waals surface area contributed by atoms with Crippen LogP contribution in [0.2, 0.25) is 0 Å². The minimum absolute atomic E-state index is 0.0428. The molecule has 1 saturated carbocycles. The summed E-state index contributed by atoms with van der Waals surface area (Å²) in [5.41, 5.74) is -2.17. The van der Waals surface area contributed by atoms with Gasteiger partial charge in [-0.15, -0.1) is 0 Å². The number of carbonyl (C=O) groups excluding carboxylic acids is 1. The van der Waals surface area contributed by atoms with Crippen LogP contribution in [0.1, 0.15) is 26.2 Å². The van der Waals surface area contributed by atoms with Crippen LogP contribution in [0.25, 0.3) is 0 Å². The molecule has 1 rings (SSSR count). The Morgan fingerprint density at radius 2 is 2.15 bits per heavy atom. The Morgan fingerprint density at radius 1 is 1.62 bits per heavy atom. The van der Waals surface area contributed by atoms with Gasteiger partial charge in [-0.1, -0.05) is 0 Å². The lowest BCUT2D eigenvalue weighted by atomic mass is 9.75. The number of esters is 1. The monoisotopic (exact) mass is 194 g/mol. The fraction of sp³-hybridized carbons (Fsp3) is 0.875. The maximum Gasteiger partial charge on any atom is 0.380 e. The molecule has 1 fully saturated rings. The van der Waals surface area contributed by atoms with Gasteiger partial charge >= 0.3 is 11.9 Å². The summed E-state index contributed by atoms with van der Waals surface area (Å²) >= 11 is 0. The minimum atomic E-state index is -3.76. The van der Waals surface area contributed by atoms with Crippen molar-refractivity contribution in [2.45, 2.75) is 37.7 Å². The lowest BCUT2D eigenvalue weighted by Gasteiger charge is -2.40. The highest BCUT2D eigenvalue weighted by Gasteiger charge is 2.62. The highest BCUT2D eigenvalue weighted by Crippen LogP contribution is 2.44. The van der Waals surface area contributed by atoms with Crippen LogP contribution in [0.5, 0.6) is 0 Å². The Hall–Kier alpha value is -0.710. The second-order valence-corrected chi connectivity index (χ2v) is 3.18. The van der Waals surface area contributed by atoms with E-state index >= 15 is 0 Å². The zero-order chi connectivity index (χ0) is 10.1. The fourth-order valence-electron chi connectivity index (χ4n) is 1.24. The lowest BCUT2D eigenvalue weighted by molar-refractivity contribution is -0.232. The third kappa shape index (κ3) is 1.52. The summed E-state index contributed by atoms with van der Waals surface area (Å²) in [5, 5.41) is 9.28. The number of hydrogen-bond donors (Lipinski definition) is 1. The molecule has 13 heavy (non-hydrogen) atoms. The van der Waals surface area contributed by atoms with Gasteiger partial charge in [0.05, 0.1) is 6.61 Å². The summed E-state index contributed by atoms with van der Waals surface area (Å²) in [6.07, 6.45) is 0.434. The quantitative estimate of drug-likeness (QED) is 0.684. The van der Waals surface area contributed by atoms with Crippen molar-refractivity contribution in [2.24, 2.45) is 0 Å². The first-order valence-electron chi connectivity index (χ1n) is 4.21. The number of halogens is 2. The molecule has 1 aliphatic rings. The van der Waals surface area contributed by atoms with Gasteiger partial charge in [0.25, 0.3) is 0 Å². The summed E-state index contributed by atoms with van der Waals surface area (Å²) in [5.74, 6) is -5.39. The molecular formula is C8H12F2O3. The highest BCUT2D eigenvalue weighted by atomic mass is 19.3. The number of carbonyl (C=O) groups is 1. The molecule has 1 aliphatic carbocycles. The standard InChI is InChI=1S/C8H12F2O3/c1-2-13-6(11)8(9,10)7(12)4-3-5-7/h12H,2-5H2,1H3. The van der Waals surface area contributed by atoms with E-state index in [9.17, 15) is 18.7 Å². The maximum absolute atomic E-state index is 13.1. The predicted octanol–water partition coefficient (Wildman–Crippen LogP) is 1.10. The van der Waals surface area contributed by atoms with E-state index < -0.39 is 17.5 Å². The summed E-state index contributed by atoms with van der Waals surface area (Å²) < 4.78 is 30.4. The van der Waals surface area contributed by atoms with Gasteiger partial charge in [0.2, 0.25) is 0 Å². The number of rotatable bonds is 3. The molecule has 0 amide bonds. The van der Waals surface area contributed by atoms with E-state index in [1.54, 1.807) is 0 Å². The van der Waals surface area contributed by atoms with Gasteiger partial charge in [0, 0.05) is 0 Å². The smallest absolute Gasteiger partial charge is 0.380 e. The summed E-state index contributed by atoms with van der Waals surface area (Å²) in [4.78, 5) is 10.8. The fourth-order valence-corrected chi connectivity index (χ4v) is 1.24. The molecular weight excluding hydrogens is 182 g/mol. The second kappa shape index (κ2) is 3.21. The van der Waals surface area contributed by atoms with Gasteiger partial charge in [-0.25, -0.2) is 4.79 Å². The van der Waals surface area contributed by atoms with E-state index in [2.05, 4.69) is 4.74 Å². The topological polar surface area (TPSA) is 46.5 Å². The van der Waals surface area contributed by atoms with E-state index in [1.807, 2.05) is 0 Å². The van der Waals surface area contributed by atoms with Crippen molar-refractivity contribution < 1.29 is 23.4 Å². The maximum atomic E-state index is 13.1. The largest absolute Gasteiger partial charge is 0.461 e. The third-order valence-electron chi connectivity index (χ3n) is 2.30. The first-order valence-corrected chi connectivity index (χ1v) is 4.21. The van der Waals surface area contributed by atoms with Crippen molar-refractivity contribution in [1.82, 2.24) is 0 Å². The number of hydrogen-bond acceptors (Lipinski definition) is 3. The molecule has 0 aromatic heterocycles. The second-order valence-electron chi connectivity index (χ2n) is 3.18. The van der Waals surface area contributed by atoms with Crippen LogP contribution < -0.4 is 0 Å². The average Bonchev–Trinajstić information content (AvgIpc) is 2.00. The first kappa shape index (κ1) is 10.4. The van der Waals surface area contributed by atoms with Gasteiger partial charge in [-0.3, -0.25) is 0 Å². The van der Waals surface area contributed by atoms with Gasteiger partial charge < -0.3 is 9.84 Å². The van der Waals surface area contributed by atoms with Gasteiger partial charge in [-0.2, -0.15) is 8.78 Å². The zero-order valence-corrected chi connectivity index (χ0v) is 7.35. The Morgan fingerprint density at radius 3 is 2.46 bits per heavy atom. The number of ether oxygens (including phenoxy) is 1. The van der Waals surface area contributed by atoms with Gasteiger partial charge in [-0.05, 0) is 26.2 Å². The molecule has 0 aromatic carbocycles. The summed E-state index contributed by atoms with van der Waals surface area (Å²) in [6.45, 7) is 1.34. The Bertz CT molecular complexity index is 211. The van der Waals surface area contributed by atoms with Crippen molar-refractivity contribution in [1.29, 1.82) is 0 Å². The lowest BCUT2D eigenvalue weighted by Crippen LogP contribution is -2.58. The number of aliphatic hydroxyl groups is 1. The normalized spacial score (nSPS) is 20.6. The Labute approximate surface area is 74.7 Å². The summed E-state index contributed by atoms with van der Waals surface area (Å²) in [7, 11) is 0. The molecule has 0 aromatic rings. The minimum Gasteiger partial charge on any atom is -0.461 e. The molecule has 3 nitrogen and oxygen atoms in total. The molecule has 0 spiro atoms. The van der Waals surface area contributed by atoms with Gasteiger partial charge in [0.1, 0.15) is 5.60 Å². The molecule has 1 N–H and O–H groups in total. The van der Waals surface area contributed by atoms with Crippen molar-refractivity contribution in [3.05, 3.63) is 0 Å². The molecule has 0 saturated heterocycles. The zero-order valence-electron chi connectivity index (χ0n) is 7.35. The van der Waals surface area contributed by atoms with Crippen molar-refractivity contribution in [3.63, 3.8) is 0 Å². The molecule has 0 aliphatic heterocycles. The first-order chi connectivity index (χ1) is 5.94. The van der Waals surface area contributed by atoms with Crippen LogP contribution in [0.15, 0.2) is 0 Å². The van der Waals surface area contributed by atoms with Crippen LogP contribution >= 0.6 is 0 Å². The van der Waals surface area contributed by atoms with E-state index in [1.165, 1.54) is 6.92 Å². The molecule has 0 unspecified atom stereocenters. The molecule has 5 heteroatoms. The van der Waals surface area contributed by atoms with Crippen molar-refractivity contribution >= 4 is 5.97 Å². The third-order valence-corrected chi connectivity index (χ3v) is 2.30.